The Balaban J connectivity index is 1.23. The van der Waals surface area contributed by atoms with Crippen molar-refractivity contribution in [3.63, 3.8) is 0 Å². The number of carbonyl (C=O) groups is 1. The van der Waals surface area contributed by atoms with E-state index in [-0.39, 0.29) is 11.7 Å². The number of benzene rings is 2. The van der Waals surface area contributed by atoms with Gasteiger partial charge >= 0.3 is 0 Å². The zero-order chi connectivity index (χ0) is 29.1. The maximum Gasteiger partial charge on any atom is 0.246 e. The van der Waals surface area contributed by atoms with Gasteiger partial charge in [0, 0.05) is 82.2 Å². The maximum atomic E-state index is 12.2. The lowest BCUT2D eigenvalue weighted by Gasteiger charge is -2.38. The van der Waals surface area contributed by atoms with Gasteiger partial charge in [-0.05, 0) is 43.3 Å². The van der Waals surface area contributed by atoms with Crippen molar-refractivity contribution in [1.82, 2.24) is 19.8 Å². The Morgan fingerprint density at radius 3 is 2.74 bits per heavy atom. The summed E-state index contributed by atoms with van der Waals surface area (Å²) in [6, 6.07) is 11.8. The Bertz CT molecular complexity index is 1440. The van der Waals surface area contributed by atoms with Crippen molar-refractivity contribution >= 4 is 34.1 Å². The number of likely N-dealkylation sites (tertiary alicyclic amines) is 1. The molecule has 10 heteroatoms. The number of phenolic OH excluding ortho intramolecular Hbond substituents is 1. The Hall–Kier alpha value is -3.89. The number of nitrogens with zero attached hydrogens (tertiary/aromatic N) is 6. The summed E-state index contributed by atoms with van der Waals surface area (Å²) in [5, 5.41) is 16.1. The third-order valence-electron chi connectivity index (χ3n) is 8.77. The molecule has 42 heavy (non-hydrogen) atoms. The van der Waals surface area contributed by atoms with E-state index in [1.54, 1.807) is 7.11 Å². The fraction of sp³-hybridized carbons (Fsp3) is 0.469. The summed E-state index contributed by atoms with van der Waals surface area (Å²) in [6.07, 6.45) is 4.63. The smallest absolute Gasteiger partial charge is 0.246 e. The highest BCUT2D eigenvalue weighted by Crippen LogP contribution is 2.36. The summed E-state index contributed by atoms with van der Waals surface area (Å²) in [5.74, 6) is 1.86. The lowest BCUT2D eigenvalue weighted by molar-refractivity contribution is -0.126. The van der Waals surface area contributed by atoms with Crippen LogP contribution in [-0.4, -0.2) is 103 Å². The normalized spacial score (nSPS) is 19.3. The summed E-state index contributed by atoms with van der Waals surface area (Å²) in [5.41, 5.74) is 3.20. The summed E-state index contributed by atoms with van der Waals surface area (Å²) < 4.78 is 5.51. The van der Waals surface area contributed by atoms with Gasteiger partial charge in [0.2, 0.25) is 11.9 Å². The Morgan fingerprint density at radius 2 is 1.95 bits per heavy atom. The molecule has 222 valence electrons. The van der Waals surface area contributed by atoms with E-state index in [0.717, 1.165) is 93.0 Å². The predicted molar refractivity (Wildman–Crippen MR) is 166 cm³/mol. The van der Waals surface area contributed by atoms with Crippen LogP contribution in [0.3, 0.4) is 0 Å². The second-order valence-electron chi connectivity index (χ2n) is 11.4. The van der Waals surface area contributed by atoms with Crippen LogP contribution >= 0.6 is 0 Å². The van der Waals surface area contributed by atoms with Crippen molar-refractivity contribution in [3.05, 3.63) is 60.3 Å². The van der Waals surface area contributed by atoms with Gasteiger partial charge in [-0.2, -0.15) is 4.98 Å². The number of aromatic nitrogens is 2. The van der Waals surface area contributed by atoms with Crippen LogP contribution in [0.5, 0.6) is 5.75 Å². The number of fused-ring (bicyclic) bond motifs is 2. The van der Waals surface area contributed by atoms with Crippen LogP contribution in [0.1, 0.15) is 24.1 Å². The van der Waals surface area contributed by atoms with Crippen molar-refractivity contribution in [2.45, 2.75) is 31.9 Å². The highest BCUT2D eigenvalue weighted by molar-refractivity contribution is 5.95. The number of amides is 1. The number of methoxy groups -OCH3 is 1. The molecule has 1 aromatic heterocycles. The van der Waals surface area contributed by atoms with Crippen LogP contribution in [0.15, 0.2) is 49.1 Å². The van der Waals surface area contributed by atoms with Gasteiger partial charge in [-0.25, -0.2) is 4.98 Å². The molecule has 0 spiro atoms. The molecule has 1 atom stereocenters. The first-order chi connectivity index (χ1) is 20.5. The number of hydrogen-bond acceptors (Lipinski definition) is 9. The Kier molecular flexibility index (Phi) is 8.43. The second-order valence-corrected chi connectivity index (χ2v) is 11.4. The van der Waals surface area contributed by atoms with E-state index < -0.39 is 0 Å². The van der Waals surface area contributed by atoms with Gasteiger partial charge in [-0.15, -0.1) is 0 Å². The molecule has 2 fully saturated rings. The molecule has 0 saturated carbocycles. The van der Waals surface area contributed by atoms with Gasteiger partial charge in [-0.1, -0.05) is 30.8 Å². The lowest BCUT2D eigenvalue weighted by atomic mass is 10.0. The number of hydrogen-bond donors (Lipinski definition) is 2. The minimum atomic E-state index is -0.0227. The van der Waals surface area contributed by atoms with Gasteiger partial charge in [0.1, 0.15) is 11.6 Å². The topological polar surface area (TPSA) is 97.3 Å². The van der Waals surface area contributed by atoms with Gasteiger partial charge in [0.15, 0.2) is 0 Å². The molecule has 4 heterocycles. The summed E-state index contributed by atoms with van der Waals surface area (Å²) in [6.45, 7) is 11.7. The molecule has 3 aromatic rings. The van der Waals surface area contributed by atoms with E-state index in [1.165, 1.54) is 11.6 Å². The Labute approximate surface area is 247 Å². The van der Waals surface area contributed by atoms with Gasteiger partial charge < -0.3 is 34.8 Å². The molecule has 1 unspecified atom stereocenters. The number of piperazine rings is 1. The van der Waals surface area contributed by atoms with Crippen LogP contribution in [-0.2, 0) is 22.5 Å². The molecule has 2 aromatic carbocycles. The molecule has 3 aliphatic heterocycles. The molecule has 2 N–H and O–H groups in total. The molecular formula is C32H41N7O3. The molecule has 2 saturated heterocycles. The highest BCUT2D eigenvalue weighted by Gasteiger charge is 2.29. The minimum absolute atomic E-state index is 0.0227. The van der Waals surface area contributed by atoms with Crippen molar-refractivity contribution in [3.8, 4) is 5.75 Å². The molecule has 10 nitrogen and oxygen atoms in total. The van der Waals surface area contributed by atoms with Crippen LogP contribution in [0, 0.1) is 0 Å². The van der Waals surface area contributed by atoms with E-state index in [2.05, 4.69) is 32.7 Å². The first kappa shape index (κ1) is 28.2. The van der Waals surface area contributed by atoms with Crippen molar-refractivity contribution < 1.29 is 14.6 Å². The van der Waals surface area contributed by atoms with Crippen LogP contribution < -0.4 is 15.1 Å². The average molecular weight is 572 g/mol. The third kappa shape index (κ3) is 6.00. The van der Waals surface area contributed by atoms with E-state index in [9.17, 15) is 9.90 Å². The van der Waals surface area contributed by atoms with E-state index in [4.69, 9.17) is 14.7 Å². The predicted octanol–water partition coefficient (Wildman–Crippen LogP) is 3.26. The summed E-state index contributed by atoms with van der Waals surface area (Å²) in [7, 11) is 1.79. The van der Waals surface area contributed by atoms with Crippen LogP contribution in [0.4, 0.5) is 17.5 Å². The number of anilines is 3. The van der Waals surface area contributed by atoms with E-state index in [0.29, 0.717) is 31.7 Å². The summed E-state index contributed by atoms with van der Waals surface area (Å²) >= 11 is 0. The Morgan fingerprint density at radius 1 is 1.12 bits per heavy atom. The number of aromatic hydroxyl groups is 1. The zero-order valence-corrected chi connectivity index (χ0v) is 24.5. The van der Waals surface area contributed by atoms with Crippen LogP contribution in [0.25, 0.3) is 10.8 Å². The first-order valence-corrected chi connectivity index (χ1v) is 15.0. The molecule has 0 radical (unpaired) electrons. The zero-order valence-electron chi connectivity index (χ0n) is 24.5. The number of phenols is 1. The molecule has 3 aliphatic rings. The minimum Gasteiger partial charge on any atom is -0.508 e. The highest BCUT2D eigenvalue weighted by atomic mass is 16.5. The van der Waals surface area contributed by atoms with E-state index in [1.807, 2.05) is 35.2 Å². The first-order valence-electron chi connectivity index (χ1n) is 15.0. The number of carbonyl (C=O) groups excluding carboxylic acids is 1. The number of nitrogens with one attached hydrogen (secondary N) is 1. The quantitative estimate of drug-likeness (QED) is 0.296. The van der Waals surface area contributed by atoms with Gasteiger partial charge in [0.25, 0.3) is 0 Å². The standard InChI is InChI=1S/C32H41N7O3/c1-3-30(41)37-15-17-38(18-16-37)31-27-10-14-39(29-20-24(40)19-23-7-4-5-8-26(23)29)22-28(27)34-32(35-31)33-11-6-12-36-13-9-25(21-36)42-2/h3-5,7-8,19-20,25,40H,1,6,9-18,21-22H2,2H3,(H,33,34,35). The largest absolute Gasteiger partial charge is 0.508 e. The SMILES string of the molecule is C=CC(=O)N1CCN(c2nc(NCCCN3CCC(OC)C3)nc3c2CCN(c2cc(O)cc4ccccc24)C3)CC1. The maximum absolute atomic E-state index is 12.2. The lowest BCUT2D eigenvalue weighted by Crippen LogP contribution is -2.49. The van der Waals surface area contributed by atoms with Gasteiger partial charge in [0.05, 0.1) is 18.3 Å². The van der Waals surface area contributed by atoms with Crippen molar-refractivity contribution in [2.24, 2.45) is 0 Å². The number of rotatable bonds is 9. The molecule has 0 aliphatic carbocycles. The van der Waals surface area contributed by atoms with E-state index >= 15 is 0 Å². The fourth-order valence-corrected chi connectivity index (χ4v) is 6.46. The second kappa shape index (κ2) is 12.5. The molecular weight excluding hydrogens is 530 g/mol. The number of ether oxygens (including phenoxy) is 1. The van der Waals surface area contributed by atoms with Crippen molar-refractivity contribution in [1.29, 1.82) is 0 Å². The fourth-order valence-electron chi connectivity index (χ4n) is 6.46. The molecule has 0 bridgehead atoms. The van der Waals surface area contributed by atoms with Crippen molar-refractivity contribution in [2.75, 3.05) is 81.1 Å². The molecule has 1 amide bonds. The average Bonchev–Trinajstić information content (AvgIpc) is 3.50. The van der Waals surface area contributed by atoms with Crippen LogP contribution in [0.2, 0.25) is 0 Å². The monoisotopic (exact) mass is 571 g/mol. The van der Waals surface area contributed by atoms with Gasteiger partial charge in [-0.3, -0.25) is 4.79 Å². The summed E-state index contributed by atoms with van der Waals surface area (Å²) in [4.78, 5) is 31.2. The molecule has 6 rings (SSSR count). The third-order valence-corrected chi connectivity index (χ3v) is 8.77.